The van der Waals surface area contributed by atoms with Crippen LogP contribution in [0.25, 0.3) is 10.9 Å². The van der Waals surface area contributed by atoms with Crippen LogP contribution in [-0.4, -0.2) is 45.2 Å². The number of fused-ring (bicyclic) bond motifs is 1. The smallest absolute Gasteiger partial charge is 0.275 e. The summed E-state index contributed by atoms with van der Waals surface area (Å²) in [6.07, 6.45) is 0. The fourth-order valence-electron chi connectivity index (χ4n) is 1.90. The molecule has 2 rings (SSSR count). The highest BCUT2D eigenvalue weighted by atomic mass is 16.4. The minimum absolute atomic E-state index is 0.0314. The van der Waals surface area contributed by atoms with E-state index in [1.165, 1.54) is 4.90 Å². The van der Waals surface area contributed by atoms with Crippen LogP contribution in [0.1, 0.15) is 10.5 Å². The Morgan fingerprint density at radius 2 is 2.21 bits per heavy atom. The maximum absolute atomic E-state index is 12.3. The van der Waals surface area contributed by atoms with Crippen molar-refractivity contribution in [1.29, 1.82) is 0 Å². The van der Waals surface area contributed by atoms with Gasteiger partial charge in [0.1, 0.15) is 0 Å². The first-order chi connectivity index (χ1) is 9.04. The predicted octanol–water partition coefficient (Wildman–Crippen LogP) is 0.392. The van der Waals surface area contributed by atoms with E-state index >= 15 is 0 Å². The van der Waals surface area contributed by atoms with Gasteiger partial charge in [0.15, 0.2) is 11.5 Å². The summed E-state index contributed by atoms with van der Waals surface area (Å²) in [4.78, 5) is 13.6. The van der Waals surface area contributed by atoms with Crippen molar-refractivity contribution in [3.63, 3.8) is 0 Å². The lowest BCUT2D eigenvalue weighted by molar-refractivity contribution is 0.0809. The molecule has 0 saturated heterocycles. The Balaban J connectivity index is 2.37. The summed E-state index contributed by atoms with van der Waals surface area (Å²) in [5.41, 5.74) is 6.62. The van der Waals surface area contributed by atoms with Crippen molar-refractivity contribution in [2.24, 2.45) is 17.9 Å². The summed E-state index contributed by atoms with van der Waals surface area (Å²) >= 11 is 0. The van der Waals surface area contributed by atoms with Crippen LogP contribution in [0.15, 0.2) is 29.4 Å². The second-order valence-electron chi connectivity index (χ2n) is 4.24. The SMILES string of the molecule is CN(C/C(N)=N/O)C(=O)c1nn(C)c2ccccc12. The van der Waals surface area contributed by atoms with E-state index in [1.54, 1.807) is 18.8 Å². The monoisotopic (exact) mass is 261 g/mol. The Bertz CT molecular complexity index is 647. The van der Waals surface area contributed by atoms with E-state index in [0.29, 0.717) is 5.69 Å². The molecule has 0 saturated carbocycles. The molecule has 0 fully saturated rings. The van der Waals surface area contributed by atoms with E-state index in [-0.39, 0.29) is 18.3 Å². The number of aryl methyl sites for hydroxylation is 1. The summed E-state index contributed by atoms with van der Waals surface area (Å²) < 4.78 is 1.65. The minimum Gasteiger partial charge on any atom is -0.409 e. The molecule has 0 aliphatic rings. The van der Waals surface area contributed by atoms with E-state index in [1.807, 2.05) is 24.3 Å². The zero-order valence-electron chi connectivity index (χ0n) is 10.7. The summed E-state index contributed by atoms with van der Waals surface area (Å²) in [6.45, 7) is 0.0419. The Morgan fingerprint density at radius 3 is 2.89 bits per heavy atom. The van der Waals surface area contributed by atoms with E-state index in [4.69, 9.17) is 10.9 Å². The van der Waals surface area contributed by atoms with Crippen molar-refractivity contribution in [2.75, 3.05) is 13.6 Å². The molecule has 7 nitrogen and oxygen atoms in total. The quantitative estimate of drug-likeness (QED) is 0.361. The van der Waals surface area contributed by atoms with Crippen LogP contribution in [0.4, 0.5) is 0 Å². The van der Waals surface area contributed by atoms with Gasteiger partial charge in [-0.05, 0) is 6.07 Å². The van der Waals surface area contributed by atoms with Crippen LogP contribution in [0.2, 0.25) is 0 Å². The van der Waals surface area contributed by atoms with Crippen LogP contribution in [0.5, 0.6) is 0 Å². The number of carbonyl (C=O) groups is 1. The number of aromatic nitrogens is 2. The number of benzene rings is 1. The Hall–Kier alpha value is -2.57. The van der Waals surface area contributed by atoms with Gasteiger partial charge < -0.3 is 15.8 Å². The number of likely N-dealkylation sites (N-methyl/N-ethyl adjacent to an activating group) is 1. The lowest BCUT2D eigenvalue weighted by Crippen LogP contribution is -2.35. The minimum atomic E-state index is -0.275. The van der Waals surface area contributed by atoms with Crippen LogP contribution in [0, 0.1) is 0 Å². The van der Waals surface area contributed by atoms with Crippen molar-refractivity contribution in [1.82, 2.24) is 14.7 Å². The topological polar surface area (TPSA) is 96.7 Å². The largest absolute Gasteiger partial charge is 0.409 e. The standard InChI is InChI=1S/C12H15N5O2/c1-16(7-10(13)15-19)12(18)11-8-5-3-4-6-9(8)17(2)14-11/h3-6,19H,7H2,1-2H3,(H2,13,15). The number of nitrogens with zero attached hydrogens (tertiary/aromatic N) is 4. The first kappa shape index (κ1) is 12.9. The maximum atomic E-state index is 12.3. The molecule has 0 unspecified atom stereocenters. The van der Waals surface area contributed by atoms with E-state index in [0.717, 1.165) is 10.9 Å². The van der Waals surface area contributed by atoms with Crippen LogP contribution < -0.4 is 5.73 Å². The highest BCUT2D eigenvalue weighted by Crippen LogP contribution is 2.18. The molecule has 0 atom stereocenters. The lowest BCUT2D eigenvalue weighted by atomic mass is 10.2. The van der Waals surface area contributed by atoms with Crippen molar-refractivity contribution in [3.05, 3.63) is 30.0 Å². The van der Waals surface area contributed by atoms with Gasteiger partial charge in [-0.1, -0.05) is 23.4 Å². The third kappa shape index (κ3) is 2.35. The van der Waals surface area contributed by atoms with Gasteiger partial charge in [-0.3, -0.25) is 9.48 Å². The zero-order chi connectivity index (χ0) is 14.0. The summed E-state index contributed by atoms with van der Waals surface area (Å²) in [7, 11) is 3.35. The summed E-state index contributed by atoms with van der Waals surface area (Å²) in [6, 6.07) is 7.47. The van der Waals surface area contributed by atoms with E-state index in [2.05, 4.69) is 10.3 Å². The molecular weight excluding hydrogens is 246 g/mol. The van der Waals surface area contributed by atoms with Gasteiger partial charge in [-0.15, -0.1) is 0 Å². The van der Waals surface area contributed by atoms with Crippen molar-refractivity contribution in [2.45, 2.75) is 0 Å². The Labute approximate surface area is 109 Å². The van der Waals surface area contributed by atoms with Gasteiger partial charge in [0.25, 0.3) is 5.91 Å². The van der Waals surface area contributed by atoms with Crippen LogP contribution in [-0.2, 0) is 7.05 Å². The molecule has 0 aliphatic heterocycles. The molecule has 1 aromatic carbocycles. The first-order valence-corrected chi connectivity index (χ1v) is 5.68. The number of hydrogen-bond donors (Lipinski definition) is 2. The summed E-state index contributed by atoms with van der Waals surface area (Å²) in [5, 5.41) is 16.4. The van der Waals surface area contributed by atoms with Gasteiger partial charge in [-0.2, -0.15) is 5.10 Å². The molecular formula is C12H15N5O2. The average Bonchev–Trinajstić information content (AvgIpc) is 2.75. The molecule has 19 heavy (non-hydrogen) atoms. The third-order valence-corrected chi connectivity index (χ3v) is 2.83. The maximum Gasteiger partial charge on any atom is 0.275 e. The number of hydrogen-bond acceptors (Lipinski definition) is 4. The zero-order valence-corrected chi connectivity index (χ0v) is 10.7. The van der Waals surface area contributed by atoms with Gasteiger partial charge in [0.05, 0.1) is 12.1 Å². The number of rotatable bonds is 3. The Kier molecular flexibility index (Phi) is 3.37. The van der Waals surface area contributed by atoms with Crippen LogP contribution in [0.3, 0.4) is 0 Å². The lowest BCUT2D eigenvalue weighted by Gasteiger charge is -2.14. The van der Waals surface area contributed by atoms with Crippen molar-refractivity contribution >= 4 is 22.6 Å². The molecule has 0 spiro atoms. The number of amides is 1. The van der Waals surface area contributed by atoms with Gasteiger partial charge >= 0.3 is 0 Å². The molecule has 3 N–H and O–H groups in total. The molecule has 1 heterocycles. The number of carbonyl (C=O) groups excluding carboxylic acids is 1. The number of oxime groups is 1. The van der Waals surface area contributed by atoms with E-state index in [9.17, 15) is 4.79 Å². The van der Waals surface area contributed by atoms with Crippen LogP contribution >= 0.6 is 0 Å². The van der Waals surface area contributed by atoms with Crippen molar-refractivity contribution in [3.8, 4) is 0 Å². The fraction of sp³-hybridized carbons (Fsp3) is 0.250. The normalized spacial score (nSPS) is 11.8. The van der Waals surface area contributed by atoms with Gasteiger partial charge in [0, 0.05) is 19.5 Å². The fourth-order valence-corrected chi connectivity index (χ4v) is 1.90. The highest BCUT2D eigenvalue weighted by Gasteiger charge is 2.19. The molecule has 0 radical (unpaired) electrons. The number of para-hydroxylation sites is 1. The molecule has 1 aromatic heterocycles. The third-order valence-electron chi connectivity index (χ3n) is 2.83. The molecule has 2 aromatic rings. The predicted molar refractivity (Wildman–Crippen MR) is 71.1 cm³/mol. The molecule has 1 amide bonds. The summed E-state index contributed by atoms with van der Waals surface area (Å²) in [5.74, 6) is -0.306. The molecule has 7 heteroatoms. The Morgan fingerprint density at radius 1 is 1.53 bits per heavy atom. The van der Waals surface area contributed by atoms with E-state index < -0.39 is 0 Å². The molecule has 0 aliphatic carbocycles. The number of amidine groups is 1. The average molecular weight is 261 g/mol. The van der Waals surface area contributed by atoms with Gasteiger partial charge in [-0.25, -0.2) is 0 Å². The molecule has 0 bridgehead atoms. The second kappa shape index (κ2) is 4.97. The highest BCUT2D eigenvalue weighted by molar-refractivity contribution is 6.05. The van der Waals surface area contributed by atoms with Gasteiger partial charge in [0.2, 0.25) is 0 Å². The second-order valence-corrected chi connectivity index (χ2v) is 4.24. The molecule has 100 valence electrons. The number of nitrogens with two attached hydrogens (primary N) is 1. The first-order valence-electron chi connectivity index (χ1n) is 5.68. The van der Waals surface area contributed by atoms with Crippen molar-refractivity contribution < 1.29 is 10.0 Å².